The molecular formula is C15H17F5N2O2. The van der Waals surface area contributed by atoms with Crippen molar-refractivity contribution in [3.05, 3.63) is 23.8 Å². The molecule has 1 aromatic rings. The van der Waals surface area contributed by atoms with Gasteiger partial charge in [-0.2, -0.15) is 13.2 Å². The van der Waals surface area contributed by atoms with Crippen molar-refractivity contribution in [2.45, 2.75) is 31.4 Å². The molecule has 0 spiro atoms. The number of benzene rings is 1. The van der Waals surface area contributed by atoms with Gasteiger partial charge in [-0.15, -0.1) is 8.78 Å². The number of hydrogen-bond donors (Lipinski definition) is 1. The number of rotatable bonds is 4. The van der Waals surface area contributed by atoms with Gasteiger partial charge in [-0.3, -0.25) is 4.90 Å². The zero-order valence-electron chi connectivity index (χ0n) is 12.7. The van der Waals surface area contributed by atoms with Gasteiger partial charge >= 0.3 is 12.5 Å². The summed E-state index contributed by atoms with van der Waals surface area (Å²) in [5.41, 5.74) is 0.302. The van der Waals surface area contributed by atoms with Gasteiger partial charge < -0.3 is 14.8 Å². The van der Waals surface area contributed by atoms with Crippen molar-refractivity contribution >= 4 is 0 Å². The quantitative estimate of drug-likeness (QED) is 0.843. The molecule has 0 radical (unpaired) electrons. The van der Waals surface area contributed by atoms with Crippen molar-refractivity contribution in [2.75, 3.05) is 26.2 Å². The van der Waals surface area contributed by atoms with Crippen LogP contribution in [-0.2, 0) is 0 Å². The van der Waals surface area contributed by atoms with Crippen LogP contribution in [0, 0.1) is 0 Å². The minimum atomic E-state index is -4.31. The van der Waals surface area contributed by atoms with Crippen LogP contribution in [0.3, 0.4) is 0 Å². The molecule has 0 unspecified atom stereocenters. The SMILES string of the molecule is FC(F)(F)CC[C@H](c1cccc2c1OC(F)(F)O2)N1CCNCC1. The van der Waals surface area contributed by atoms with Crippen molar-refractivity contribution in [1.82, 2.24) is 10.2 Å². The van der Waals surface area contributed by atoms with Crippen molar-refractivity contribution in [2.24, 2.45) is 0 Å². The Balaban J connectivity index is 1.90. The van der Waals surface area contributed by atoms with Gasteiger partial charge in [-0.1, -0.05) is 12.1 Å². The molecule has 1 atom stereocenters. The third-order valence-corrected chi connectivity index (χ3v) is 4.11. The highest BCUT2D eigenvalue weighted by Gasteiger charge is 2.45. The Hall–Kier alpha value is -1.61. The van der Waals surface area contributed by atoms with Crippen LogP contribution in [0.15, 0.2) is 18.2 Å². The van der Waals surface area contributed by atoms with E-state index in [1.54, 1.807) is 0 Å². The topological polar surface area (TPSA) is 33.7 Å². The van der Waals surface area contributed by atoms with Crippen LogP contribution in [0.1, 0.15) is 24.4 Å². The maximum atomic E-state index is 13.3. The Morgan fingerprint density at radius 3 is 2.54 bits per heavy atom. The maximum Gasteiger partial charge on any atom is 0.586 e. The number of nitrogens with one attached hydrogen (secondary N) is 1. The van der Waals surface area contributed by atoms with Crippen molar-refractivity contribution in [3.63, 3.8) is 0 Å². The lowest BCUT2D eigenvalue weighted by atomic mass is 9.98. The summed E-state index contributed by atoms with van der Waals surface area (Å²) in [5, 5.41) is 3.12. The summed E-state index contributed by atoms with van der Waals surface area (Å²) < 4.78 is 73.7. The summed E-state index contributed by atoms with van der Waals surface area (Å²) >= 11 is 0. The first kappa shape index (κ1) is 17.2. The first-order valence-electron chi connectivity index (χ1n) is 7.65. The van der Waals surface area contributed by atoms with Crippen LogP contribution in [0.2, 0.25) is 0 Å². The molecule has 1 saturated heterocycles. The summed E-state index contributed by atoms with van der Waals surface area (Å²) in [6.45, 7) is 2.32. The largest absolute Gasteiger partial charge is 0.586 e. The van der Waals surface area contributed by atoms with Crippen LogP contribution >= 0.6 is 0 Å². The number of hydrogen-bond acceptors (Lipinski definition) is 4. The molecule has 0 bridgehead atoms. The Kier molecular flexibility index (Phi) is 4.56. The molecule has 134 valence electrons. The van der Waals surface area contributed by atoms with Gasteiger partial charge in [0.25, 0.3) is 0 Å². The molecule has 1 fully saturated rings. The number of alkyl halides is 5. The number of ether oxygens (including phenoxy) is 2. The number of fused-ring (bicyclic) bond motifs is 1. The Bertz CT molecular complexity index is 588. The van der Waals surface area contributed by atoms with E-state index in [0.29, 0.717) is 31.7 Å². The summed E-state index contributed by atoms with van der Waals surface area (Å²) in [6, 6.07) is 3.66. The Morgan fingerprint density at radius 1 is 1.17 bits per heavy atom. The first-order valence-corrected chi connectivity index (χ1v) is 7.65. The second-order valence-electron chi connectivity index (χ2n) is 5.80. The molecule has 1 N–H and O–H groups in total. The average molecular weight is 352 g/mol. The lowest BCUT2D eigenvalue weighted by Gasteiger charge is -2.35. The van der Waals surface area contributed by atoms with E-state index in [2.05, 4.69) is 14.8 Å². The predicted molar refractivity (Wildman–Crippen MR) is 75.1 cm³/mol. The number of piperazine rings is 1. The van der Waals surface area contributed by atoms with Gasteiger partial charge in [0.1, 0.15) is 0 Å². The smallest absolute Gasteiger partial charge is 0.395 e. The Morgan fingerprint density at radius 2 is 1.88 bits per heavy atom. The van der Waals surface area contributed by atoms with Crippen LogP contribution in [0.4, 0.5) is 22.0 Å². The Labute approximate surface area is 135 Å². The molecule has 0 aromatic heterocycles. The minimum Gasteiger partial charge on any atom is -0.395 e. The number of nitrogens with zero attached hydrogens (tertiary/aromatic N) is 1. The zero-order valence-corrected chi connectivity index (χ0v) is 12.7. The highest BCUT2D eigenvalue weighted by molar-refractivity contribution is 5.50. The number of para-hydroxylation sites is 1. The fourth-order valence-electron chi connectivity index (χ4n) is 3.08. The van der Waals surface area contributed by atoms with E-state index in [1.165, 1.54) is 18.2 Å². The maximum absolute atomic E-state index is 13.3. The van der Waals surface area contributed by atoms with Gasteiger partial charge in [0, 0.05) is 44.2 Å². The normalized spacial score (nSPS) is 21.7. The molecule has 4 nitrogen and oxygen atoms in total. The lowest BCUT2D eigenvalue weighted by molar-refractivity contribution is -0.287. The summed E-state index contributed by atoms with van der Waals surface area (Å²) in [5.74, 6) is -0.321. The lowest BCUT2D eigenvalue weighted by Crippen LogP contribution is -2.45. The van der Waals surface area contributed by atoms with Crippen LogP contribution < -0.4 is 14.8 Å². The molecule has 24 heavy (non-hydrogen) atoms. The fraction of sp³-hybridized carbons (Fsp3) is 0.600. The fourth-order valence-corrected chi connectivity index (χ4v) is 3.08. The van der Waals surface area contributed by atoms with Gasteiger partial charge in [0.05, 0.1) is 0 Å². The van der Waals surface area contributed by atoms with Gasteiger partial charge in [-0.05, 0) is 12.5 Å². The summed E-state index contributed by atoms with van der Waals surface area (Å²) in [7, 11) is 0. The van der Waals surface area contributed by atoms with Crippen LogP contribution in [-0.4, -0.2) is 43.5 Å². The summed E-state index contributed by atoms with van der Waals surface area (Å²) in [6.07, 6.45) is -9.33. The van der Waals surface area contributed by atoms with Crippen LogP contribution in [0.5, 0.6) is 11.5 Å². The molecule has 2 heterocycles. The van der Waals surface area contributed by atoms with Crippen molar-refractivity contribution in [3.8, 4) is 11.5 Å². The molecule has 3 rings (SSSR count). The van der Waals surface area contributed by atoms with E-state index in [9.17, 15) is 22.0 Å². The second kappa shape index (κ2) is 6.36. The van der Waals surface area contributed by atoms with Gasteiger partial charge in [0.15, 0.2) is 11.5 Å². The standard InChI is InChI=1S/C15H17F5N2O2/c16-14(17,18)5-4-11(22-8-6-21-7-9-22)10-2-1-3-12-13(10)24-15(19,20)23-12/h1-3,11,21H,4-9H2/t11-/m1/s1. The second-order valence-corrected chi connectivity index (χ2v) is 5.80. The van der Waals surface area contributed by atoms with E-state index >= 15 is 0 Å². The van der Waals surface area contributed by atoms with Gasteiger partial charge in [0.2, 0.25) is 0 Å². The molecule has 0 saturated carbocycles. The molecule has 0 aliphatic carbocycles. The highest BCUT2D eigenvalue weighted by atomic mass is 19.4. The van der Waals surface area contributed by atoms with E-state index < -0.39 is 24.9 Å². The molecule has 2 aliphatic rings. The van der Waals surface area contributed by atoms with Crippen molar-refractivity contribution < 1.29 is 31.4 Å². The van der Waals surface area contributed by atoms with E-state index in [1.807, 2.05) is 4.90 Å². The number of halogens is 5. The van der Waals surface area contributed by atoms with E-state index in [0.717, 1.165) is 0 Å². The summed E-state index contributed by atoms with van der Waals surface area (Å²) in [4.78, 5) is 1.86. The monoisotopic (exact) mass is 352 g/mol. The molecular weight excluding hydrogens is 335 g/mol. The third kappa shape index (κ3) is 3.89. The zero-order chi connectivity index (χ0) is 17.4. The van der Waals surface area contributed by atoms with Gasteiger partial charge in [-0.25, -0.2) is 0 Å². The predicted octanol–water partition coefficient (Wildman–Crippen LogP) is 3.30. The molecule has 2 aliphatic heterocycles. The average Bonchev–Trinajstić information content (AvgIpc) is 2.82. The molecule has 1 aromatic carbocycles. The van der Waals surface area contributed by atoms with Crippen LogP contribution in [0.25, 0.3) is 0 Å². The third-order valence-electron chi connectivity index (χ3n) is 4.11. The molecule has 9 heteroatoms. The van der Waals surface area contributed by atoms with E-state index in [4.69, 9.17) is 0 Å². The highest BCUT2D eigenvalue weighted by Crippen LogP contribution is 2.47. The first-order chi connectivity index (χ1) is 11.3. The van der Waals surface area contributed by atoms with E-state index in [-0.39, 0.29) is 17.9 Å². The van der Waals surface area contributed by atoms with Crippen molar-refractivity contribution in [1.29, 1.82) is 0 Å². The molecule has 0 amide bonds. The minimum absolute atomic E-state index is 0.148.